The molecule has 1 aliphatic rings. The molecule has 0 aliphatic carbocycles. The van der Waals surface area contributed by atoms with E-state index in [1.165, 1.54) is 4.90 Å². The number of alkyl halides is 3. The van der Waals surface area contributed by atoms with Crippen molar-refractivity contribution < 1.29 is 13.2 Å². The average Bonchev–Trinajstić information content (AvgIpc) is 2.03. The fourth-order valence-corrected chi connectivity index (χ4v) is 1.64. The largest absolute Gasteiger partial charge is 0.405 e. The summed E-state index contributed by atoms with van der Waals surface area (Å²) in [6.07, 6.45) is -4.11. The van der Waals surface area contributed by atoms with Crippen LogP contribution in [-0.2, 0) is 0 Å². The minimum atomic E-state index is -4.11. The molecule has 1 rings (SSSR count). The van der Waals surface area contributed by atoms with Crippen LogP contribution in [0.4, 0.5) is 13.2 Å². The Balaban J connectivity index is 2.67. The van der Waals surface area contributed by atoms with Gasteiger partial charge in [-0.1, -0.05) is 0 Å². The van der Waals surface area contributed by atoms with Crippen molar-refractivity contribution in [3.63, 3.8) is 0 Å². The second-order valence-electron chi connectivity index (χ2n) is 3.59. The summed E-state index contributed by atoms with van der Waals surface area (Å²) in [5.41, 5.74) is 0. The molecule has 1 fully saturated rings. The molecule has 0 aromatic rings. The van der Waals surface area contributed by atoms with Gasteiger partial charge in [0, 0.05) is 25.7 Å². The molecule has 5 heteroatoms. The van der Waals surface area contributed by atoms with E-state index >= 15 is 0 Å². The molecule has 0 bridgehead atoms. The lowest BCUT2D eigenvalue weighted by Gasteiger charge is -2.39. The standard InChI is InChI=1S/C8H15F3N2/c1-6(2)13-4-3-12-5-7(13)8(9,10)11/h6-7,12H,3-5H2,1-2H3. The Hall–Kier alpha value is -0.290. The maximum absolute atomic E-state index is 12.5. The second kappa shape index (κ2) is 3.84. The van der Waals surface area contributed by atoms with Gasteiger partial charge in [0.2, 0.25) is 0 Å². The number of hydrogen-bond donors (Lipinski definition) is 1. The van der Waals surface area contributed by atoms with Crippen molar-refractivity contribution in [1.82, 2.24) is 10.2 Å². The number of rotatable bonds is 1. The van der Waals surface area contributed by atoms with Crippen molar-refractivity contribution in [3.8, 4) is 0 Å². The highest BCUT2D eigenvalue weighted by Crippen LogP contribution is 2.26. The molecule has 0 radical (unpaired) electrons. The van der Waals surface area contributed by atoms with Crippen molar-refractivity contribution in [3.05, 3.63) is 0 Å². The molecule has 1 unspecified atom stereocenters. The fraction of sp³-hybridized carbons (Fsp3) is 1.00. The van der Waals surface area contributed by atoms with E-state index in [-0.39, 0.29) is 12.6 Å². The Morgan fingerprint density at radius 1 is 1.38 bits per heavy atom. The van der Waals surface area contributed by atoms with Gasteiger partial charge >= 0.3 is 6.18 Å². The van der Waals surface area contributed by atoms with Gasteiger partial charge < -0.3 is 5.32 Å². The van der Waals surface area contributed by atoms with Crippen LogP contribution in [-0.4, -0.2) is 42.8 Å². The van der Waals surface area contributed by atoms with Crippen molar-refractivity contribution in [2.45, 2.75) is 32.1 Å². The zero-order valence-corrected chi connectivity index (χ0v) is 7.86. The number of nitrogens with zero attached hydrogens (tertiary/aromatic N) is 1. The van der Waals surface area contributed by atoms with Crippen LogP contribution in [0.2, 0.25) is 0 Å². The van der Waals surface area contributed by atoms with E-state index < -0.39 is 12.2 Å². The number of halogens is 3. The van der Waals surface area contributed by atoms with Crippen LogP contribution in [0.15, 0.2) is 0 Å². The highest BCUT2D eigenvalue weighted by molar-refractivity contribution is 4.86. The summed E-state index contributed by atoms with van der Waals surface area (Å²) in [5.74, 6) is 0. The van der Waals surface area contributed by atoms with E-state index in [2.05, 4.69) is 5.32 Å². The first kappa shape index (κ1) is 10.8. The first-order valence-electron chi connectivity index (χ1n) is 4.46. The number of nitrogens with one attached hydrogen (secondary N) is 1. The van der Waals surface area contributed by atoms with Crippen LogP contribution in [0.3, 0.4) is 0 Å². The third-order valence-corrected chi connectivity index (χ3v) is 2.33. The summed E-state index contributed by atoms with van der Waals surface area (Å²) in [4.78, 5) is 1.50. The normalized spacial score (nSPS) is 26.8. The predicted octanol–water partition coefficient (Wildman–Crippen LogP) is 1.23. The molecular formula is C8H15F3N2. The van der Waals surface area contributed by atoms with Crippen LogP contribution in [0.5, 0.6) is 0 Å². The Kier molecular flexibility index (Phi) is 3.18. The van der Waals surface area contributed by atoms with Gasteiger partial charge in [0.1, 0.15) is 6.04 Å². The van der Waals surface area contributed by atoms with Crippen LogP contribution < -0.4 is 5.32 Å². The lowest BCUT2D eigenvalue weighted by atomic mass is 10.1. The molecule has 78 valence electrons. The van der Waals surface area contributed by atoms with Crippen molar-refractivity contribution in [2.75, 3.05) is 19.6 Å². The second-order valence-corrected chi connectivity index (χ2v) is 3.59. The van der Waals surface area contributed by atoms with E-state index in [4.69, 9.17) is 0 Å². The Morgan fingerprint density at radius 2 is 2.00 bits per heavy atom. The van der Waals surface area contributed by atoms with Gasteiger partial charge in [-0.25, -0.2) is 0 Å². The monoisotopic (exact) mass is 196 g/mol. The SMILES string of the molecule is CC(C)N1CCNCC1C(F)(F)F. The zero-order chi connectivity index (χ0) is 10.1. The molecule has 0 amide bonds. The summed E-state index contributed by atoms with van der Waals surface area (Å²) < 4.78 is 37.4. The summed E-state index contributed by atoms with van der Waals surface area (Å²) in [7, 11) is 0. The first-order valence-corrected chi connectivity index (χ1v) is 4.46. The molecule has 0 saturated carbocycles. The topological polar surface area (TPSA) is 15.3 Å². The van der Waals surface area contributed by atoms with Crippen molar-refractivity contribution >= 4 is 0 Å². The third kappa shape index (κ3) is 2.57. The Bertz CT molecular complexity index is 167. The molecule has 1 saturated heterocycles. The minimum Gasteiger partial charge on any atom is -0.314 e. The first-order chi connectivity index (χ1) is 5.93. The molecule has 1 aliphatic heterocycles. The predicted molar refractivity (Wildman–Crippen MR) is 44.6 cm³/mol. The molecule has 0 aromatic carbocycles. The lowest BCUT2D eigenvalue weighted by molar-refractivity contribution is -0.191. The van der Waals surface area contributed by atoms with Crippen molar-refractivity contribution in [2.24, 2.45) is 0 Å². The molecule has 0 aromatic heterocycles. The maximum atomic E-state index is 12.5. The van der Waals surface area contributed by atoms with Gasteiger partial charge in [0.05, 0.1) is 0 Å². The van der Waals surface area contributed by atoms with E-state index in [0.717, 1.165) is 0 Å². The summed E-state index contributed by atoms with van der Waals surface area (Å²) >= 11 is 0. The molecular weight excluding hydrogens is 181 g/mol. The molecule has 2 nitrogen and oxygen atoms in total. The van der Waals surface area contributed by atoms with E-state index in [1.54, 1.807) is 13.8 Å². The average molecular weight is 196 g/mol. The smallest absolute Gasteiger partial charge is 0.314 e. The summed E-state index contributed by atoms with van der Waals surface area (Å²) in [6, 6.07) is -1.37. The van der Waals surface area contributed by atoms with E-state index in [0.29, 0.717) is 13.1 Å². The van der Waals surface area contributed by atoms with Crippen molar-refractivity contribution in [1.29, 1.82) is 0 Å². The van der Waals surface area contributed by atoms with Crippen LogP contribution >= 0.6 is 0 Å². The van der Waals surface area contributed by atoms with Crippen LogP contribution in [0.25, 0.3) is 0 Å². The van der Waals surface area contributed by atoms with E-state index in [1.807, 2.05) is 0 Å². The molecule has 1 N–H and O–H groups in total. The highest BCUT2D eigenvalue weighted by atomic mass is 19.4. The quantitative estimate of drug-likeness (QED) is 0.678. The van der Waals surface area contributed by atoms with Gasteiger partial charge in [0.15, 0.2) is 0 Å². The van der Waals surface area contributed by atoms with Gasteiger partial charge in [-0.3, -0.25) is 4.90 Å². The highest BCUT2D eigenvalue weighted by Gasteiger charge is 2.45. The van der Waals surface area contributed by atoms with Gasteiger partial charge in [-0.05, 0) is 13.8 Å². The van der Waals surface area contributed by atoms with Gasteiger partial charge in [-0.15, -0.1) is 0 Å². The number of piperazine rings is 1. The third-order valence-electron chi connectivity index (χ3n) is 2.33. The van der Waals surface area contributed by atoms with Gasteiger partial charge in [-0.2, -0.15) is 13.2 Å². The Labute approximate surface area is 76.1 Å². The van der Waals surface area contributed by atoms with Crippen LogP contribution in [0, 0.1) is 0 Å². The molecule has 0 spiro atoms. The van der Waals surface area contributed by atoms with E-state index in [9.17, 15) is 13.2 Å². The van der Waals surface area contributed by atoms with Gasteiger partial charge in [0.25, 0.3) is 0 Å². The molecule has 1 atom stereocenters. The molecule has 13 heavy (non-hydrogen) atoms. The van der Waals surface area contributed by atoms with Crippen LogP contribution in [0.1, 0.15) is 13.8 Å². The number of hydrogen-bond acceptors (Lipinski definition) is 2. The summed E-state index contributed by atoms with van der Waals surface area (Å²) in [6.45, 7) is 4.72. The summed E-state index contributed by atoms with van der Waals surface area (Å²) in [5, 5.41) is 2.76. The Morgan fingerprint density at radius 3 is 2.38 bits per heavy atom. The minimum absolute atomic E-state index is 0.0156. The fourth-order valence-electron chi connectivity index (χ4n) is 1.64. The maximum Gasteiger partial charge on any atom is 0.405 e. The lowest BCUT2D eigenvalue weighted by Crippen LogP contribution is -2.59. The molecule has 1 heterocycles. The zero-order valence-electron chi connectivity index (χ0n) is 7.86.